The van der Waals surface area contributed by atoms with Crippen LogP contribution in [0.2, 0.25) is 0 Å². The number of rotatable bonds is 2. The zero-order valence-corrected chi connectivity index (χ0v) is 10.8. The van der Waals surface area contributed by atoms with E-state index in [-0.39, 0.29) is 0 Å². The van der Waals surface area contributed by atoms with Crippen LogP contribution < -0.4 is 5.73 Å². The molecular formula is C14H27N. The fourth-order valence-electron chi connectivity index (χ4n) is 4.24. The molecule has 0 saturated heterocycles. The van der Waals surface area contributed by atoms with Crippen LogP contribution in [0.15, 0.2) is 0 Å². The van der Waals surface area contributed by atoms with Crippen molar-refractivity contribution in [3.63, 3.8) is 0 Å². The van der Waals surface area contributed by atoms with Crippen molar-refractivity contribution in [2.45, 2.75) is 53.4 Å². The van der Waals surface area contributed by atoms with Gasteiger partial charge in [-0.1, -0.05) is 40.5 Å². The highest BCUT2D eigenvalue weighted by atomic mass is 14.7. The van der Waals surface area contributed by atoms with Gasteiger partial charge in [0, 0.05) is 0 Å². The minimum absolute atomic E-state index is 0.535. The molecule has 2 saturated carbocycles. The molecule has 0 radical (unpaired) electrons. The monoisotopic (exact) mass is 209 g/mol. The molecule has 0 aliphatic heterocycles. The van der Waals surface area contributed by atoms with Gasteiger partial charge in [-0.2, -0.15) is 0 Å². The molecule has 2 N–H and O–H groups in total. The Balaban J connectivity index is 2.01. The third-order valence-corrected chi connectivity index (χ3v) is 5.14. The minimum Gasteiger partial charge on any atom is -0.330 e. The molecule has 88 valence electrons. The summed E-state index contributed by atoms with van der Waals surface area (Å²) >= 11 is 0. The molecule has 15 heavy (non-hydrogen) atoms. The fraction of sp³-hybridized carbons (Fsp3) is 1.00. The van der Waals surface area contributed by atoms with E-state index in [0.717, 1.165) is 24.3 Å². The molecule has 3 atom stereocenters. The molecule has 1 nitrogen and oxygen atoms in total. The van der Waals surface area contributed by atoms with Crippen LogP contribution in [0.4, 0.5) is 0 Å². The smallest absolute Gasteiger partial charge is 0.00407 e. The standard InChI is InChI=1S/C14H27N/c1-13(2)7-5-6-10(8-13)12-11(9-15)14(12,3)4/h10-12H,5-9,15H2,1-4H3. The Kier molecular flexibility index (Phi) is 2.65. The highest BCUT2D eigenvalue weighted by molar-refractivity contribution is 5.08. The third kappa shape index (κ3) is 1.95. The van der Waals surface area contributed by atoms with Crippen LogP contribution >= 0.6 is 0 Å². The van der Waals surface area contributed by atoms with E-state index in [1.54, 1.807) is 0 Å². The SMILES string of the molecule is CC1(C)CCCC(C2C(CN)C2(C)C)C1. The van der Waals surface area contributed by atoms with E-state index in [9.17, 15) is 0 Å². The van der Waals surface area contributed by atoms with Gasteiger partial charge >= 0.3 is 0 Å². The van der Waals surface area contributed by atoms with Crippen LogP contribution in [-0.2, 0) is 0 Å². The lowest BCUT2D eigenvalue weighted by molar-refractivity contribution is 0.152. The molecule has 3 unspecified atom stereocenters. The number of nitrogens with two attached hydrogens (primary N) is 1. The molecule has 0 aromatic heterocycles. The molecule has 0 spiro atoms. The normalized spacial score (nSPS) is 42.6. The lowest BCUT2D eigenvalue weighted by Gasteiger charge is -2.36. The Morgan fingerprint density at radius 1 is 1.20 bits per heavy atom. The summed E-state index contributed by atoms with van der Waals surface area (Å²) in [5.41, 5.74) is 6.99. The van der Waals surface area contributed by atoms with Gasteiger partial charge in [0.1, 0.15) is 0 Å². The topological polar surface area (TPSA) is 26.0 Å². The number of hydrogen-bond acceptors (Lipinski definition) is 1. The summed E-state index contributed by atoms with van der Waals surface area (Å²) in [6.07, 6.45) is 5.73. The predicted molar refractivity (Wildman–Crippen MR) is 65.6 cm³/mol. The van der Waals surface area contributed by atoms with Crippen LogP contribution in [0.25, 0.3) is 0 Å². The molecule has 1 heteroatoms. The van der Waals surface area contributed by atoms with E-state index in [1.165, 1.54) is 25.7 Å². The van der Waals surface area contributed by atoms with E-state index in [2.05, 4.69) is 27.7 Å². The summed E-state index contributed by atoms with van der Waals surface area (Å²) in [6.45, 7) is 10.6. The van der Waals surface area contributed by atoms with Crippen LogP contribution in [0.5, 0.6) is 0 Å². The zero-order chi connectivity index (χ0) is 11.3. The summed E-state index contributed by atoms with van der Waals surface area (Å²) in [6, 6.07) is 0. The maximum absolute atomic E-state index is 5.87. The highest BCUT2D eigenvalue weighted by Gasteiger charge is 2.60. The van der Waals surface area contributed by atoms with Gasteiger partial charge < -0.3 is 5.73 Å². The molecule has 0 amide bonds. The lowest BCUT2D eigenvalue weighted by atomic mass is 9.70. The van der Waals surface area contributed by atoms with Crippen LogP contribution in [0.3, 0.4) is 0 Å². The molecule has 0 heterocycles. The van der Waals surface area contributed by atoms with E-state index >= 15 is 0 Å². The predicted octanol–water partition coefficient (Wildman–Crippen LogP) is 3.43. The summed E-state index contributed by atoms with van der Waals surface area (Å²) in [4.78, 5) is 0. The molecule has 2 aliphatic rings. The first-order chi connectivity index (χ1) is 6.88. The minimum atomic E-state index is 0.535. The average molecular weight is 209 g/mol. The molecule has 0 aromatic rings. The van der Waals surface area contributed by atoms with Crippen molar-refractivity contribution >= 4 is 0 Å². The van der Waals surface area contributed by atoms with Gasteiger partial charge in [0.15, 0.2) is 0 Å². The van der Waals surface area contributed by atoms with Crippen molar-refractivity contribution in [1.29, 1.82) is 0 Å². The summed E-state index contributed by atoms with van der Waals surface area (Å²) < 4.78 is 0. The second kappa shape index (κ2) is 3.48. The van der Waals surface area contributed by atoms with Gasteiger partial charge in [0.25, 0.3) is 0 Å². The Bertz CT molecular complexity index is 242. The van der Waals surface area contributed by atoms with Crippen LogP contribution in [0, 0.1) is 28.6 Å². The average Bonchev–Trinajstić information content (AvgIpc) is 2.66. The lowest BCUT2D eigenvalue weighted by Crippen LogP contribution is -2.25. The Morgan fingerprint density at radius 3 is 2.33 bits per heavy atom. The fourth-order valence-corrected chi connectivity index (χ4v) is 4.24. The Hall–Kier alpha value is -0.0400. The van der Waals surface area contributed by atoms with E-state index in [1.807, 2.05) is 0 Å². The van der Waals surface area contributed by atoms with Crippen LogP contribution in [-0.4, -0.2) is 6.54 Å². The molecule has 2 aliphatic carbocycles. The van der Waals surface area contributed by atoms with E-state index in [4.69, 9.17) is 5.73 Å². The quantitative estimate of drug-likeness (QED) is 0.741. The highest BCUT2D eigenvalue weighted by Crippen LogP contribution is 2.64. The first-order valence-electron chi connectivity index (χ1n) is 6.58. The maximum atomic E-state index is 5.87. The van der Waals surface area contributed by atoms with Crippen molar-refractivity contribution in [2.24, 2.45) is 34.3 Å². The van der Waals surface area contributed by atoms with Crippen molar-refractivity contribution in [2.75, 3.05) is 6.54 Å². The van der Waals surface area contributed by atoms with E-state index < -0.39 is 0 Å². The van der Waals surface area contributed by atoms with Gasteiger partial charge in [-0.3, -0.25) is 0 Å². The van der Waals surface area contributed by atoms with Crippen molar-refractivity contribution in [3.05, 3.63) is 0 Å². The van der Waals surface area contributed by atoms with E-state index in [0.29, 0.717) is 10.8 Å². The molecule has 2 fully saturated rings. The summed E-state index contributed by atoms with van der Waals surface area (Å²) in [5, 5.41) is 0. The van der Waals surface area contributed by atoms with Gasteiger partial charge in [-0.15, -0.1) is 0 Å². The second-order valence-corrected chi connectivity index (χ2v) is 7.21. The van der Waals surface area contributed by atoms with Crippen molar-refractivity contribution in [3.8, 4) is 0 Å². The van der Waals surface area contributed by atoms with Crippen molar-refractivity contribution in [1.82, 2.24) is 0 Å². The molecule has 0 aromatic carbocycles. The summed E-state index contributed by atoms with van der Waals surface area (Å²) in [5.74, 6) is 2.68. The van der Waals surface area contributed by atoms with Crippen LogP contribution in [0.1, 0.15) is 53.4 Å². The van der Waals surface area contributed by atoms with Gasteiger partial charge in [0.2, 0.25) is 0 Å². The third-order valence-electron chi connectivity index (χ3n) is 5.14. The first-order valence-corrected chi connectivity index (χ1v) is 6.58. The van der Waals surface area contributed by atoms with Gasteiger partial charge in [-0.05, 0) is 48.0 Å². The second-order valence-electron chi connectivity index (χ2n) is 7.21. The Morgan fingerprint density at radius 2 is 1.87 bits per heavy atom. The summed E-state index contributed by atoms with van der Waals surface area (Å²) in [7, 11) is 0. The molecular weight excluding hydrogens is 182 g/mol. The maximum Gasteiger partial charge on any atom is -0.00407 e. The van der Waals surface area contributed by atoms with Gasteiger partial charge in [0.05, 0.1) is 0 Å². The Labute approximate surface area is 94.8 Å². The largest absolute Gasteiger partial charge is 0.330 e. The number of hydrogen-bond donors (Lipinski definition) is 1. The molecule has 2 rings (SSSR count). The first kappa shape index (κ1) is 11.4. The zero-order valence-electron chi connectivity index (χ0n) is 10.8. The van der Waals surface area contributed by atoms with Gasteiger partial charge in [-0.25, -0.2) is 0 Å². The van der Waals surface area contributed by atoms with Crippen molar-refractivity contribution < 1.29 is 0 Å². The molecule has 0 bridgehead atoms.